The van der Waals surface area contributed by atoms with E-state index in [1.54, 1.807) is 17.0 Å². The summed E-state index contributed by atoms with van der Waals surface area (Å²) in [6.07, 6.45) is 2.89. The highest BCUT2D eigenvalue weighted by atomic mass is 32.2. The maximum absolute atomic E-state index is 14.4. The molecule has 3 aromatic carbocycles. The monoisotopic (exact) mass is 557 g/mol. The second-order valence-electron chi connectivity index (χ2n) is 10.5. The molecule has 1 saturated heterocycles. The molecule has 0 bridgehead atoms. The molecule has 1 atom stereocenters. The molecule has 0 unspecified atom stereocenters. The van der Waals surface area contributed by atoms with E-state index in [9.17, 15) is 31.5 Å². The van der Waals surface area contributed by atoms with E-state index in [-0.39, 0.29) is 59.9 Å². The fourth-order valence-corrected chi connectivity index (χ4v) is 8.06. The van der Waals surface area contributed by atoms with Crippen molar-refractivity contribution >= 4 is 15.7 Å². The third-order valence-electron chi connectivity index (χ3n) is 8.30. The molecule has 1 aliphatic heterocycles. The summed E-state index contributed by atoms with van der Waals surface area (Å²) >= 11 is 0. The highest BCUT2D eigenvalue weighted by molar-refractivity contribution is 7.92. The Morgan fingerprint density at radius 3 is 2.10 bits per heavy atom. The molecule has 2 fully saturated rings. The van der Waals surface area contributed by atoms with Gasteiger partial charge >= 0.3 is 0 Å². The molecule has 5 rings (SSSR count). The van der Waals surface area contributed by atoms with Gasteiger partial charge in [0, 0.05) is 25.6 Å². The van der Waals surface area contributed by atoms with Crippen molar-refractivity contribution in [3.63, 3.8) is 0 Å². The third kappa shape index (κ3) is 4.98. The predicted molar refractivity (Wildman–Crippen MR) is 141 cm³/mol. The molecule has 0 aromatic heterocycles. The Bertz CT molecular complexity index is 1430. The molecule has 9 heteroatoms. The van der Waals surface area contributed by atoms with E-state index in [0.717, 1.165) is 37.1 Å². The van der Waals surface area contributed by atoms with Crippen LogP contribution >= 0.6 is 0 Å². The van der Waals surface area contributed by atoms with Crippen LogP contribution in [0.4, 0.5) is 13.2 Å². The van der Waals surface area contributed by atoms with E-state index in [2.05, 4.69) is 0 Å². The van der Waals surface area contributed by atoms with Crippen LogP contribution in [0.15, 0.2) is 71.6 Å². The van der Waals surface area contributed by atoms with E-state index in [1.807, 2.05) is 0 Å². The van der Waals surface area contributed by atoms with Gasteiger partial charge in [0.15, 0.2) is 9.84 Å². The number of sulfone groups is 1. The Morgan fingerprint density at radius 1 is 0.897 bits per heavy atom. The second-order valence-corrected chi connectivity index (χ2v) is 12.8. The molecule has 0 radical (unpaired) electrons. The van der Waals surface area contributed by atoms with Gasteiger partial charge in [-0.3, -0.25) is 4.79 Å². The van der Waals surface area contributed by atoms with Crippen molar-refractivity contribution in [2.45, 2.75) is 41.7 Å². The Balaban J connectivity index is 1.51. The minimum atomic E-state index is -4.12. The molecular weight excluding hydrogens is 527 g/mol. The van der Waals surface area contributed by atoms with E-state index in [0.29, 0.717) is 18.4 Å². The molecule has 5 nitrogen and oxygen atoms in total. The van der Waals surface area contributed by atoms with Crippen molar-refractivity contribution < 1.29 is 31.5 Å². The lowest BCUT2D eigenvalue weighted by Gasteiger charge is -2.32. The van der Waals surface area contributed by atoms with Crippen LogP contribution in [0.25, 0.3) is 11.1 Å². The van der Waals surface area contributed by atoms with Crippen LogP contribution in [-0.4, -0.2) is 44.0 Å². The van der Waals surface area contributed by atoms with Crippen LogP contribution in [-0.2, 0) is 19.4 Å². The number of carbonyl (C=O) groups is 1. The van der Waals surface area contributed by atoms with Crippen LogP contribution in [0.2, 0.25) is 0 Å². The van der Waals surface area contributed by atoms with Crippen molar-refractivity contribution in [1.29, 1.82) is 0 Å². The predicted octanol–water partition coefficient (Wildman–Crippen LogP) is 5.47. The van der Waals surface area contributed by atoms with Gasteiger partial charge in [-0.25, -0.2) is 21.6 Å². The summed E-state index contributed by atoms with van der Waals surface area (Å²) in [7, 11) is -4.12. The molecular formula is C30H30F3NO4S. The molecule has 1 aliphatic carbocycles. The number of hydrogen-bond acceptors (Lipinski definition) is 4. The lowest BCUT2D eigenvalue weighted by molar-refractivity contribution is -0.136. The highest BCUT2D eigenvalue weighted by Crippen LogP contribution is 2.45. The van der Waals surface area contributed by atoms with E-state index in [4.69, 9.17) is 0 Å². The van der Waals surface area contributed by atoms with Crippen LogP contribution in [0.5, 0.6) is 0 Å². The first-order chi connectivity index (χ1) is 18.7. The topological polar surface area (TPSA) is 74.7 Å². The summed E-state index contributed by atoms with van der Waals surface area (Å²) in [6, 6.07) is 14.2. The normalized spacial score (nSPS) is 23.6. The van der Waals surface area contributed by atoms with Crippen LogP contribution in [0.1, 0.15) is 37.7 Å². The van der Waals surface area contributed by atoms with Crippen molar-refractivity contribution in [1.82, 2.24) is 4.90 Å². The first-order valence-corrected chi connectivity index (χ1v) is 14.6. The zero-order chi connectivity index (χ0) is 27.8. The Kier molecular flexibility index (Phi) is 7.57. The number of nitrogens with zero attached hydrogens (tertiary/aromatic N) is 1. The Morgan fingerprint density at radius 2 is 1.51 bits per heavy atom. The maximum atomic E-state index is 14.4. The molecule has 39 heavy (non-hydrogen) atoms. The van der Waals surface area contributed by atoms with Crippen molar-refractivity contribution in [2.75, 3.05) is 19.7 Å². The zero-order valence-corrected chi connectivity index (χ0v) is 22.1. The molecule has 1 N–H and O–H groups in total. The molecule has 1 saturated carbocycles. The number of aliphatic hydroxyl groups is 1. The van der Waals surface area contributed by atoms with Gasteiger partial charge in [-0.2, -0.15) is 0 Å². The van der Waals surface area contributed by atoms with Gasteiger partial charge in [0.1, 0.15) is 22.2 Å². The summed E-state index contributed by atoms with van der Waals surface area (Å²) in [5, 5.41) is 9.43. The quantitative estimate of drug-likeness (QED) is 0.408. The van der Waals surface area contributed by atoms with Gasteiger partial charge in [0.2, 0.25) is 5.91 Å². The standard InChI is InChI=1S/C30H30F3NO4S/c31-24-12-14-25(15-13-24)39(37,38)30(16-17-34(19-30)29(36)22-6-4-20(18-35)5-7-22)23-10-8-21(9-11-23)28-26(32)2-1-3-27(28)33/h1-3,8-15,20,22,35H,4-7,16-19H2/t20?,22?,30-/m0/s1. The first kappa shape index (κ1) is 27.4. The second kappa shape index (κ2) is 10.8. The lowest BCUT2D eigenvalue weighted by atomic mass is 9.82. The minimum Gasteiger partial charge on any atom is -0.396 e. The summed E-state index contributed by atoms with van der Waals surface area (Å²) in [6.45, 7) is 0.234. The van der Waals surface area contributed by atoms with Gasteiger partial charge in [-0.05, 0) is 85.5 Å². The number of amides is 1. The van der Waals surface area contributed by atoms with E-state index >= 15 is 0 Å². The number of rotatable bonds is 6. The van der Waals surface area contributed by atoms with Crippen molar-refractivity contribution in [3.05, 3.63) is 89.7 Å². The SMILES string of the molecule is O=C(C1CCC(CO)CC1)N1CC[C@](c2ccc(-c3c(F)cccc3F)cc2)(S(=O)(=O)c2ccc(F)cc2)C1. The number of halogens is 3. The molecule has 206 valence electrons. The summed E-state index contributed by atoms with van der Waals surface area (Å²) in [5.41, 5.74) is 0.447. The van der Waals surface area contributed by atoms with E-state index < -0.39 is 32.0 Å². The zero-order valence-electron chi connectivity index (χ0n) is 21.3. The van der Waals surface area contributed by atoms with Crippen LogP contribution < -0.4 is 0 Å². The molecule has 3 aromatic rings. The number of benzene rings is 3. The summed E-state index contributed by atoms with van der Waals surface area (Å²) in [5.74, 6) is -2.18. The highest BCUT2D eigenvalue weighted by Gasteiger charge is 2.52. The third-order valence-corrected chi connectivity index (χ3v) is 10.8. The van der Waals surface area contributed by atoms with Gasteiger partial charge in [-0.1, -0.05) is 30.3 Å². The number of carbonyl (C=O) groups excluding carboxylic acids is 1. The lowest BCUT2D eigenvalue weighted by Crippen LogP contribution is -2.42. The van der Waals surface area contributed by atoms with E-state index in [1.165, 1.54) is 30.3 Å². The summed E-state index contributed by atoms with van der Waals surface area (Å²) in [4.78, 5) is 15.0. The van der Waals surface area contributed by atoms with Gasteiger partial charge in [0.25, 0.3) is 0 Å². The fourth-order valence-electron chi connectivity index (χ4n) is 5.98. The van der Waals surface area contributed by atoms with Crippen LogP contribution in [0, 0.1) is 29.3 Å². The maximum Gasteiger partial charge on any atom is 0.225 e. The summed E-state index contributed by atoms with van der Waals surface area (Å²) < 4.78 is 69.2. The Hall–Kier alpha value is -3.17. The molecule has 2 aliphatic rings. The van der Waals surface area contributed by atoms with Gasteiger partial charge < -0.3 is 10.0 Å². The van der Waals surface area contributed by atoms with Crippen molar-refractivity contribution in [3.8, 4) is 11.1 Å². The number of hydrogen-bond donors (Lipinski definition) is 1. The largest absolute Gasteiger partial charge is 0.396 e. The first-order valence-electron chi connectivity index (χ1n) is 13.1. The smallest absolute Gasteiger partial charge is 0.225 e. The Labute approximate surface area is 226 Å². The molecule has 1 heterocycles. The average Bonchev–Trinajstić information content (AvgIpc) is 3.41. The molecule has 1 amide bonds. The average molecular weight is 558 g/mol. The van der Waals surface area contributed by atoms with Gasteiger partial charge in [0.05, 0.1) is 10.5 Å². The van der Waals surface area contributed by atoms with Crippen molar-refractivity contribution in [2.24, 2.45) is 11.8 Å². The van der Waals surface area contributed by atoms with Crippen LogP contribution in [0.3, 0.4) is 0 Å². The molecule has 0 spiro atoms. The fraction of sp³-hybridized carbons (Fsp3) is 0.367. The minimum absolute atomic E-state index is 0.0640. The number of aliphatic hydroxyl groups excluding tert-OH is 1. The van der Waals surface area contributed by atoms with Gasteiger partial charge in [-0.15, -0.1) is 0 Å². The number of likely N-dealkylation sites (tertiary alicyclic amines) is 1.